The molecular weight excluding hydrogens is 420 g/mol. The lowest BCUT2D eigenvalue weighted by molar-refractivity contribution is 0.0526. The van der Waals surface area contributed by atoms with Crippen molar-refractivity contribution in [3.05, 3.63) is 71.5 Å². The number of primary amides is 1. The molecule has 1 aromatic heterocycles. The summed E-state index contributed by atoms with van der Waals surface area (Å²) >= 11 is 0. The fraction of sp³-hybridized carbons (Fsp3) is 0.190. The minimum atomic E-state index is -3.85. The molecule has 0 bridgehead atoms. The number of ether oxygens (including phenoxy) is 1. The van der Waals surface area contributed by atoms with E-state index < -0.39 is 21.9 Å². The molecule has 31 heavy (non-hydrogen) atoms. The highest BCUT2D eigenvalue weighted by atomic mass is 32.2. The Morgan fingerprint density at radius 3 is 2.26 bits per heavy atom. The van der Waals surface area contributed by atoms with Gasteiger partial charge in [-0.3, -0.25) is 9.52 Å². The normalized spacial score (nSPS) is 11.2. The van der Waals surface area contributed by atoms with Gasteiger partial charge in [-0.05, 0) is 61.9 Å². The minimum absolute atomic E-state index is 0.0103. The van der Waals surface area contributed by atoms with E-state index in [9.17, 15) is 18.0 Å². The van der Waals surface area contributed by atoms with Crippen molar-refractivity contribution >= 4 is 27.6 Å². The highest BCUT2D eigenvalue weighted by Crippen LogP contribution is 2.21. The lowest BCUT2D eigenvalue weighted by Crippen LogP contribution is -2.14. The number of carbonyl (C=O) groups excluding carboxylic acids is 2. The van der Waals surface area contributed by atoms with Crippen LogP contribution in [-0.4, -0.2) is 36.7 Å². The molecule has 3 N–H and O–H groups in total. The van der Waals surface area contributed by atoms with Gasteiger partial charge in [0.05, 0.1) is 40.2 Å². The summed E-state index contributed by atoms with van der Waals surface area (Å²) in [6, 6.07) is 12.0. The van der Waals surface area contributed by atoms with Crippen LogP contribution >= 0.6 is 0 Å². The van der Waals surface area contributed by atoms with Gasteiger partial charge in [-0.1, -0.05) is 6.92 Å². The van der Waals surface area contributed by atoms with Gasteiger partial charge >= 0.3 is 5.97 Å². The number of nitrogens with one attached hydrogen (secondary N) is 1. The van der Waals surface area contributed by atoms with Gasteiger partial charge in [-0.15, -0.1) is 0 Å². The smallest absolute Gasteiger partial charge is 0.338 e. The number of benzene rings is 2. The number of carbonyl (C=O) groups is 2. The molecule has 0 fully saturated rings. The predicted molar refractivity (Wildman–Crippen MR) is 115 cm³/mol. The van der Waals surface area contributed by atoms with Crippen molar-refractivity contribution in [3.63, 3.8) is 0 Å². The molecule has 0 saturated heterocycles. The Labute approximate surface area is 179 Å². The Bertz CT molecular complexity index is 1200. The summed E-state index contributed by atoms with van der Waals surface area (Å²) in [5.74, 6) is -1.07. The summed E-state index contributed by atoms with van der Waals surface area (Å²) in [6.07, 6.45) is 1.96. The number of rotatable bonds is 8. The molecule has 3 aromatic rings. The van der Waals surface area contributed by atoms with Crippen LogP contribution in [0, 0.1) is 0 Å². The van der Waals surface area contributed by atoms with Crippen LogP contribution in [0.3, 0.4) is 0 Å². The first-order valence-corrected chi connectivity index (χ1v) is 11.0. The summed E-state index contributed by atoms with van der Waals surface area (Å²) in [5, 5.41) is 4.21. The lowest BCUT2D eigenvalue weighted by Gasteiger charge is -2.11. The number of esters is 1. The topological polar surface area (TPSA) is 133 Å². The average Bonchev–Trinajstić information content (AvgIpc) is 3.19. The molecule has 0 atom stereocenters. The van der Waals surface area contributed by atoms with Crippen LogP contribution in [0.5, 0.6) is 0 Å². The zero-order valence-corrected chi connectivity index (χ0v) is 17.8. The number of hydrogen-bond acceptors (Lipinski definition) is 6. The second-order valence-electron chi connectivity index (χ2n) is 6.53. The van der Waals surface area contributed by atoms with E-state index in [1.165, 1.54) is 30.5 Å². The predicted octanol–water partition coefficient (Wildman–Crippen LogP) is 2.51. The molecule has 3 rings (SSSR count). The van der Waals surface area contributed by atoms with Gasteiger partial charge in [0, 0.05) is 5.69 Å². The van der Waals surface area contributed by atoms with E-state index >= 15 is 0 Å². The zero-order valence-electron chi connectivity index (χ0n) is 17.0. The van der Waals surface area contributed by atoms with Crippen molar-refractivity contribution in [2.45, 2.75) is 25.2 Å². The first-order valence-electron chi connectivity index (χ1n) is 9.54. The average molecular weight is 442 g/mol. The van der Waals surface area contributed by atoms with Crippen LogP contribution in [0.2, 0.25) is 0 Å². The highest BCUT2D eigenvalue weighted by Gasteiger charge is 2.17. The molecular formula is C21H22N4O5S. The molecule has 0 aliphatic carbocycles. The largest absolute Gasteiger partial charge is 0.462 e. The standard InChI is InChI=1S/C21H22N4O5S/c1-3-19-18(20(22)26)13-23-25(19)16-9-7-15(8-10-16)24-31(28,29)17-11-5-14(6-12-17)21(27)30-4-2/h5-13,24H,3-4H2,1-2H3,(H2,22,26). The number of hydrogen-bond donors (Lipinski definition) is 2. The van der Waals surface area contributed by atoms with E-state index in [4.69, 9.17) is 10.5 Å². The maximum absolute atomic E-state index is 12.6. The molecule has 0 saturated carbocycles. The quantitative estimate of drug-likeness (QED) is 0.515. The van der Waals surface area contributed by atoms with Crippen LogP contribution in [0.15, 0.2) is 59.6 Å². The van der Waals surface area contributed by atoms with Crippen molar-refractivity contribution in [1.82, 2.24) is 9.78 Å². The molecule has 162 valence electrons. The Morgan fingerprint density at radius 2 is 1.71 bits per heavy atom. The Balaban J connectivity index is 1.79. The van der Waals surface area contributed by atoms with Crippen molar-refractivity contribution < 1.29 is 22.7 Å². The number of aromatic nitrogens is 2. The zero-order chi connectivity index (χ0) is 22.6. The minimum Gasteiger partial charge on any atom is -0.462 e. The summed E-state index contributed by atoms with van der Waals surface area (Å²) in [6.45, 7) is 3.81. The van der Waals surface area contributed by atoms with Gasteiger partial charge in [0.1, 0.15) is 0 Å². The second kappa shape index (κ2) is 9.00. The summed E-state index contributed by atoms with van der Waals surface area (Å²) in [4.78, 5) is 23.2. The van der Waals surface area contributed by atoms with Crippen molar-refractivity contribution in [2.24, 2.45) is 5.73 Å². The van der Waals surface area contributed by atoms with Crippen LogP contribution in [0.1, 0.15) is 40.3 Å². The third-order valence-electron chi connectivity index (χ3n) is 4.51. The Morgan fingerprint density at radius 1 is 1.06 bits per heavy atom. The number of amides is 1. The maximum atomic E-state index is 12.6. The number of sulfonamides is 1. The van der Waals surface area contributed by atoms with Crippen molar-refractivity contribution in [3.8, 4) is 5.69 Å². The fourth-order valence-corrected chi connectivity index (χ4v) is 4.07. The molecule has 0 radical (unpaired) electrons. The third kappa shape index (κ3) is 4.75. The summed E-state index contributed by atoms with van der Waals surface area (Å²) in [7, 11) is -3.85. The third-order valence-corrected chi connectivity index (χ3v) is 5.91. The van der Waals surface area contributed by atoms with Gasteiger partial charge in [0.15, 0.2) is 0 Å². The van der Waals surface area contributed by atoms with E-state index in [1.54, 1.807) is 35.9 Å². The molecule has 1 heterocycles. The van der Waals surface area contributed by atoms with Gasteiger partial charge < -0.3 is 10.5 Å². The van der Waals surface area contributed by atoms with Crippen LogP contribution < -0.4 is 10.5 Å². The van der Waals surface area contributed by atoms with E-state index in [1.807, 2.05) is 6.92 Å². The molecule has 2 aromatic carbocycles. The van der Waals surface area contributed by atoms with Gasteiger partial charge in [-0.2, -0.15) is 5.10 Å². The SMILES string of the molecule is CCOC(=O)c1ccc(S(=O)(=O)Nc2ccc(-n3ncc(C(N)=O)c3CC)cc2)cc1. The molecule has 0 spiro atoms. The Hall–Kier alpha value is -3.66. The second-order valence-corrected chi connectivity index (χ2v) is 8.21. The van der Waals surface area contributed by atoms with Gasteiger partial charge in [0.25, 0.3) is 15.9 Å². The maximum Gasteiger partial charge on any atom is 0.338 e. The molecule has 1 amide bonds. The monoisotopic (exact) mass is 442 g/mol. The summed E-state index contributed by atoms with van der Waals surface area (Å²) in [5.41, 5.74) is 7.67. The van der Waals surface area contributed by atoms with E-state index in [-0.39, 0.29) is 17.1 Å². The molecule has 10 heteroatoms. The van der Waals surface area contributed by atoms with Crippen molar-refractivity contribution in [2.75, 3.05) is 11.3 Å². The molecule has 0 aliphatic heterocycles. The lowest BCUT2D eigenvalue weighted by atomic mass is 10.2. The van der Waals surface area contributed by atoms with Crippen LogP contribution in [0.4, 0.5) is 5.69 Å². The van der Waals surface area contributed by atoms with Gasteiger partial charge in [0.2, 0.25) is 0 Å². The fourth-order valence-electron chi connectivity index (χ4n) is 3.01. The number of nitrogens with zero attached hydrogens (tertiary/aromatic N) is 2. The van der Waals surface area contributed by atoms with Crippen LogP contribution in [0.25, 0.3) is 5.69 Å². The number of nitrogens with two attached hydrogens (primary N) is 1. The first kappa shape index (κ1) is 22.0. The van der Waals surface area contributed by atoms with E-state index in [0.29, 0.717) is 29.1 Å². The Kier molecular flexibility index (Phi) is 6.40. The van der Waals surface area contributed by atoms with E-state index in [2.05, 4.69) is 9.82 Å². The first-order chi connectivity index (χ1) is 14.8. The van der Waals surface area contributed by atoms with Crippen molar-refractivity contribution in [1.29, 1.82) is 0 Å². The number of anilines is 1. The van der Waals surface area contributed by atoms with Crippen LogP contribution in [-0.2, 0) is 21.2 Å². The summed E-state index contributed by atoms with van der Waals surface area (Å²) < 4.78 is 34.3. The van der Waals surface area contributed by atoms with Gasteiger partial charge in [-0.25, -0.2) is 17.9 Å². The molecule has 9 nitrogen and oxygen atoms in total. The van der Waals surface area contributed by atoms with E-state index in [0.717, 1.165) is 0 Å². The highest BCUT2D eigenvalue weighted by molar-refractivity contribution is 7.92. The molecule has 0 aliphatic rings. The molecule has 0 unspecified atom stereocenters.